The van der Waals surface area contributed by atoms with Gasteiger partial charge in [0.2, 0.25) is 17.7 Å². The van der Waals surface area contributed by atoms with Crippen LogP contribution in [0.15, 0.2) is 0 Å². The summed E-state index contributed by atoms with van der Waals surface area (Å²) in [7, 11) is 0. The zero-order valence-electron chi connectivity index (χ0n) is 17.3. The molecule has 0 aromatic carbocycles. The summed E-state index contributed by atoms with van der Waals surface area (Å²) in [4.78, 5) is 38.6. The van der Waals surface area contributed by atoms with Crippen LogP contribution in [0.3, 0.4) is 0 Å². The molecule has 0 aromatic rings. The second-order valence-corrected chi connectivity index (χ2v) is 11.4. The number of carbonyl (C=O) groups is 3. The van der Waals surface area contributed by atoms with E-state index in [1.165, 1.54) is 0 Å². The predicted molar refractivity (Wildman–Crippen MR) is 117 cm³/mol. The van der Waals surface area contributed by atoms with Crippen LogP contribution >= 0.6 is 23.5 Å². The number of hydrogen-bond acceptors (Lipinski definition) is 7. The molecule has 0 bridgehead atoms. The third-order valence-corrected chi connectivity index (χ3v) is 8.66. The van der Waals surface area contributed by atoms with Crippen LogP contribution in [0.2, 0.25) is 0 Å². The van der Waals surface area contributed by atoms with E-state index in [1.807, 2.05) is 37.4 Å². The number of carbonyl (C=O) groups excluding carboxylic acids is 3. The van der Waals surface area contributed by atoms with Crippen molar-refractivity contribution in [2.24, 2.45) is 11.7 Å². The largest absolute Gasteiger partial charge is 0.354 e. The van der Waals surface area contributed by atoms with Crippen molar-refractivity contribution in [2.45, 2.75) is 68.5 Å². The van der Waals surface area contributed by atoms with Crippen molar-refractivity contribution in [3.63, 3.8) is 0 Å². The van der Waals surface area contributed by atoms with Crippen molar-refractivity contribution in [1.29, 1.82) is 0 Å². The monoisotopic (exact) mass is 446 g/mol. The molecule has 2 heterocycles. The van der Waals surface area contributed by atoms with Crippen LogP contribution in [0.25, 0.3) is 0 Å². The molecule has 0 unspecified atom stereocenters. The van der Waals surface area contributed by atoms with Crippen molar-refractivity contribution >= 4 is 41.2 Å². The average Bonchev–Trinajstić information content (AvgIpc) is 3.30. The van der Waals surface area contributed by atoms with E-state index in [4.69, 9.17) is 10.9 Å². The van der Waals surface area contributed by atoms with Gasteiger partial charge in [0, 0.05) is 37.4 Å². The Kier molecular flexibility index (Phi) is 9.58. The van der Waals surface area contributed by atoms with E-state index in [9.17, 15) is 14.4 Å². The summed E-state index contributed by atoms with van der Waals surface area (Å²) in [5, 5.41) is 11.4. The molecule has 1 spiro atoms. The van der Waals surface area contributed by atoms with Crippen LogP contribution in [0.1, 0.15) is 52.4 Å². The number of hydrogen-bond donors (Lipinski definition) is 4. The van der Waals surface area contributed by atoms with Crippen molar-refractivity contribution in [3.8, 4) is 0 Å². The van der Waals surface area contributed by atoms with Crippen molar-refractivity contribution in [2.75, 3.05) is 24.6 Å². The van der Waals surface area contributed by atoms with Crippen LogP contribution in [-0.4, -0.2) is 68.6 Å². The maximum absolute atomic E-state index is 13.0. The van der Waals surface area contributed by atoms with E-state index in [2.05, 4.69) is 5.32 Å². The fourth-order valence-electron chi connectivity index (χ4n) is 3.81. The van der Waals surface area contributed by atoms with Gasteiger partial charge in [-0.25, -0.2) is 5.48 Å². The smallest absolute Gasteiger partial charge is 0.243 e. The summed E-state index contributed by atoms with van der Waals surface area (Å²) >= 11 is 3.70. The van der Waals surface area contributed by atoms with Crippen LogP contribution < -0.4 is 16.5 Å². The molecule has 29 heavy (non-hydrogen) atoms. The summed E-state index contributed by atoms with van der Waals surface area (Å²) in [6.45, 7) is 5.15. The third kappa shape index (κ3) is 7.04. The molecule has 3 amide bonds. The first-order valence-electron chi connectivity index (χ1n) is 10.3. The molecule has 166 valence electrons. The zero-order valence-corrected chi connectivity index (χ0v) is 18.9. The SMILES string of the molecule is CC(C)C[C@H](N)C(=O)N1CC2(C[C@H]1C(=O)NCCCCCC(=O)NO)SCCS2. The second kappa shape index (κ2) is 11.4. The van der Waals surface area contributed by atoms with Gasteiger partial charge in [-0.2, -0.15) is 0 Å². The summed E-state index contributed by atoms with van der Waals surface area (Å²) in [6.07, 6.45) is 3.70. The normalized spacial score (nSPS) is 21.6. The van der Waals surface area contributed by atoms with Crippen molar-refractivity contribution in [1.82, 2.24) is 15.7 Å². The number of thioether (sulfide) groups is 2. The minimum atomic E-state index is -0.575. The molecule has 2 fully saturated rings. The highest BCUT2D eigenvalue weighted by Gasteiger charge is 2.51. The highest BCUT2D eigenvalue weighted by molar-refractivity contribution is 8.21. The maximum Gasteiger partial charge on any atom is 0.243 e. The zero-order chi connectivity index (χ0) is 21.4. The van der Waals surface area contributed by atoms with E-state index < -0.39 is 18.0 Å². The lowest BCUT2D eigenvalue weighted by Gasteiger charge is -2.27. The number of nitrogens with one attached hydrogen (secondary N) is 2. The Balaban J connectivity index is 1.89. The van der Waals surface area contributed by atoms with Gasteiger partial charge < -0.3 is 16.0 Å². The Hall–Kier alpha value is -0.970. The standard InChI is InChI=1S/C19H34N4O4S2/c1-13(2)10-14(20)18(26)23-12-19(28-8-9-29-19)11-15(23)17(25)21-7-5-3-4-6-16(24)22-27/h13-15,27H,3-12,20H2,1-2H3,(H,21,25)(H,22,24)/t14-,15-/m0/s1. The molecule has 2 aliphatic heterocycles. The van der Waals surface area contributed by atoms with E-state index in [1.54, 1.807) is 10.4 Å². The first kappa shape index (κ1) is 24.3. The van der Waals surface area contributed by atoms with Crippen LogP contribution in [-0.2, 0) is 14.4 Å². The number of amides is 3. The maximum atomic E-state index is 13.0. The molecule has 2 rings (SSSR count). The second-order valence-electron chi connectivity index (χ2n) is 8.17. The van der Waals surface area contributed by atoms with E-state index >= 15 is 0 Å². The number of likely N-dealkylation sites (tertiary alicyclic amines) is 1. The summed E-state index contributed by atoms with van der Waals surface area (Å²) in [6, 6.07) is -1.05. The van der Waals surface area contributed by atoms with Gasteiger partial charge in [-0.15, -0.1) is 23.5 Å². The van der Waals surface area contributed by atoms with Crippen LogP contribution in [0.4, 0.5) is 0 Å². The molecule has 2 atom stereocenters. The Morgan fingerprint density at radius 3 is 2.52 bits per heavy atom. The average molecular weight is 447 g/mol. The number of hydroxylamine groups is 1. The summed E-state index contributed by atoms with van der Waals surface area (Å²) < 4.78 is -0.0904. The highest BCUT2D eigenvalue weighted by atomic mass is 32.2. The molecule has 10 heteroatoms. The van der Waals surface area contributed by atoms with E-state index in [0.29, 0.717) is 38.3 Å². The van der Waals surface area contributed by atoms with Gasteiger partial charge in [0.15, 0.2) is 0 Å². The minimum absolute atomic E-state index is 0.0904. The molecule has 0 aliphatic carbocycles. The topological polar surface area (TPSA) is 125 Å². The Morgan fingerprint density at radius 2 is 1.90 bits per heavy atom. The lowest BCUT2D eigenvalue weighted by Crippen LogP contribution is -2.51. The Morgan fingerprint density at radius 1 is 1.21 bits per heavy atom. The fourth-order valence-corrected chi connectivity index (χ4v) is 7.06. The molecule has 2 saturated heterocycles. The first-order chi connectivity index (χ1) is 13.8. The van der Waals surface area contributed by atoms with Crippen molar-refractivity contribution < 1.29 is 19.6 Å². The molecule has 0 saturated carbocycles. The number of unbranched alkanes of at least 4 members (excludes halogenated alkanes) is 2. The van der Waals surface area contributed by atoms with E-state index in [-0.39, 0.29) is 22.3 Å². The van der Waals surface area contributed by atoms with E-state index in [0.717, 1.165) is 24.3 Å². The van der Waals surface area contributed by atoms with Gasteiger partial charge in [0.1, 0.15) is 6.04 Å². The van der Waals surface area contributed by atoms with Gasteiger partial charge >= 0.3 is 0 Å². The summed E-state index contributed by atoms with van der Waals surface area (Å²) in [5.74, 6) is 1.76. The molecule has 8 nitrogen and oxygen atoms in total. The quantitative estimate of drug-likeness (QED) is 0.227. The molecule has 0 aromatic heterocycles. The van der Waals surface area contributed by atoms with Gasteiger partial charge in [-0.3, -0.25) is 19.6 Å². The summed E-state index contributed by atoms with van der Waals surface area (Å²) in [5.41, 5.74) is 7.76. The highest BCUT2D eigenvalue weighted by Crippen LogP contribution is 2.51. The number of rotatable bonds is 10. The number of nitrogens with zero attached hydrogens (tertiary/aromatic N) is 1. The first-order valence-corrected chi connectivity index (χ1v) is 12.3. The molecular weight excluding hydrogens is 412 g/mol. The van der Waals surface area contributed by atoms with Gasteiger partial charge in [0.25, 0.3) is 0 Å². The third-order valence-electron chi connectivity index (χ3n) is 5.24. The predicted octanol–water partition coefficient (Wildman–Crippen LogP) is 1.32. The molecule has 2 aliphatic rings. The van der Waals surface area contributed by atoms with Gasteiger partial charge in [-0.1, -0.05) is 20.3 Å². The Labute approximate surface area is 181 Å². The van der Waals surface area contributed by atoms with Crippen LogP contribution in [0.5, 0.6) is 0 Å². The molecule has 5 N–H and O–H groups in total. The van der Waals surface area contributed by atoms with Gasteiger partial charge in [0.05, 0.1) is 10.1 Å². The van der Waals surface area contributed by atoms with Gasteiger partial charge in [-0.05, 0) is 25.2 Å². The van der Waals surface area contributed by atoms with Crippen molar-refractivity contribution in [3.05, 3.63) is 0 Å². The Bertz CT molecular complexity index is 585. The number of nitrogens with two attached hydrogens (primary N) is 1. The fraction of sp³-hybridized carbons (Fsp3) is 0.842. The lowest BCUT2D eigenvalue weighted by atomic mass is 10.0. The lowest BCUT2D eigenvalue weighted by molar-refractivity contribution is -0.139. The molecule has 0 radical (unpaired) electrons. The van der Waals surface area contributed by atoms with Crippen LogP contribution in [0, 0.1) is 5.92 Å². The minimum Gasteiger partial charge on any atom is -0.354 e. The molecular formula is C19H34N4O4S2.